The van der Waals surface area contributed by atoms with Gasteiger partial charge in [0.2, 0.25) is 10.0 Å². The maximum Gasteiger partial charge on any atom is 0.253 e. The first kappa shape index (κ1) is 21.2. The van der Waals surface area contributed by atoms with E-state index in [1.54, 1.807) is 23.1 Å². The molecule has 1 fully saturated rings. The molecule has 3 aromatic rings. The van der Waals surface area contributed by atoms with Gasteiger partial charge in [-0.3, -0.25) is 4.79 Å². The first-order valence-corrected chi connectivity index (χ1v) is 11.3. The summed E-state index contributed by atoms with van der Waals surface area (Å²) in [5, 5.41) is 6.99. The highest BCUT2D eigenvalue weighted by Gasteiger charge is 2.30. The van der Waals surface area contributed by atoms with Crippen LogP contribution in [0.2, 0.25) is 0 Å². The lowest BCUT2D eigenvalue weighted by Gasteiger charge is -2.27. The van der Waals surface area contributed by atoms with Crippen LogP contribution >= 0.6 is 0 Å². The van der Waals surface area contributed by atoms with Crippen LogP contribution in [0.1, 0.15) is 28.9 Å². The van der Waals surface area contributed by atoms with Crippen molar-refractivity contribution in [3.05, 3.63) is 72.3 Å². The summed E-state index contributed by atoms with van der Waals surface area (Å²) in [6.07, 6.45) is 3.06. The minimum Gasteiger partial charge on any atom is -0.379 e. The molecule has 1 saturated heterocycles. The molecule has 0 radical (unpaired) electrons. The molecule has 1 unspecified atom stereocenters. The number of nitrogens with one attached hydrogen (secondary N) is 1. The summed E-state index contributed by atoms with van der Waals surface area (Å²) in [6.45, 7) is 3.07. The van der Waals surface area contributed by atoms with Crippen LogP contribution in [0.4, 0.5) is 0 Å². The zero-order chi connectivity index (χ0) is 21.8. The normalized spacial score (nSPS) is 16.0. The molecule has 31 heavy (non-hydrogen) atoms. The summed E-state index contributed by atoms with van der Waals surface area (Å²) >= 11 is 0. The highest BCUT2D eigenvalue weighted by Crippen LogP contribution is 2.23. The Morgan fingerprint density at radius 1 is 1.10 bits per heavy atom. The van der Waals surface area contributed by atoms with Crippen molar-refractivity contribution in [2.45, 2.75) is 17.9 Å². The van der Waals surface area contributed by atoms with Crippen LogP contribution in [0, 0.1) is 0 Å². The van der Waals surface area contributed by atoms with Gasteiger partial charge in [-0.1, -0.05) is 24.3 Å². The first-order chi connectivity index (χ1) is 15.0. The Morgan fingerprint density at radius 2 is 1.81 bits per heavy atom. The van der Waals surface area contributed by atoms with Crippen LogP contribution in [0.3, 0.4) is 0 Å². The number of aromatic nitrogens is 3. The third-order valence-corrected chi connectivity index (χ3v) is 7.10. The Kier molecular flexibility index (Phi) is 6.12. The van der Waals surface area contributed by atoms with Gasteiger partial charge in [0.05, 0.1) is 35.4 Å². The lowest BCUT2D eigenvalue weighted by atomic mass is 10.1. The predicted octanol–water partition coefficient (Wildman–Crippen LogP) is 1.78. The highest BCUT2D eigenvalue weighted by molar-refractivity contribution is 7.89. The largest absolute Gasteiger partial charge is 0.379 e. The molecule has 1 aliphatic heterocycles. The van der Waals surface area contributed by atoms with Gasteiger partial charge in [0.25, 0.3) is 5.91 Å². The monoisotopic (exact) mass is 441 g/mol. The van der Waals surface area contributed by atoms with Crippen molar-refractivity contribution >= 4 is 15.9 Å². The number of sulfonamides is 1. The summed E-state index contributed by atoms with van der Waals surface area (Å²) in [4.78, 5) is 16.9. The lowest BCUT2D eigenvalue weighted by molar-refractivity contribution is 0.0729. The van der Waals surface area contributed by atoms with Gasteiger partial charge in [0, 0.05) is 13.1 Å². The van der Waals surface area contributed by atoms with Crippen molar-refractivity contribution in [1.82, 2.24) is 24.4 Å². The summed E-state index contributed by atoms with van der Waals surface area (Å²) in [6, 6.07) is 13.5. The zero-order valence-corrected chi connectivity index (χ0v) is 17.8. The second-order valence-electron chi connectivity index (χ2n) is 7.14. The Bertz CT molecular complexity index is 1140. The maximum absolute atomic E-state index is 13.1. The molecular weight excluding hydrogens is 418 g/mol. The van der Waals surface area contributed by atoms with Gasteiger partial charge >= 0.3 is 0 Å². The molecule has 10 heteroatoms. The fraction of sp³-hybridized carbons (Fsp3) is 0.286. The van der Waals surface area contributed by atoms with Gasteiger partial charge in [0.15, 0.2) is 0 Å². The number of carbonyl (C=O) groups is 1. The van der Waals surface area contributed by atoms with E-state index in [0.29, 0.717) is 13.2 Å². The van der Waals surface area contributed by atoms with E-state index in [4.69, 9.17) is 4.74 Å². The molecule has 0 bridgehead atoms. The molecular formula is C21H23N5O4S. The predicted molar refractivity (Wildman–Crippen MR) is 113 cm³/mol. The van der Waals surface area contributed by atoms with E-state index in [2.05, 4.69) is 15.4 Å². The van der Waals surface area contributed by atoms with E-state index in [9.17, 15) is 13.2 Å². The number of carbonyl (C=O) groups excluding carboxylic acids is 1. The number of amides is 1. The van der Waals surface area contributed by atoms with Crippen LogP contribution in [0.25, 0.3) is 5.69 Å². The smallest absolute Gasteiger partial charge is 0.253 e. The number of hydrogen-bond acceptors (Lipinski definition) is 6. The van der Waals surface area contributed by atoms with E-state index < -0.39 is 15.9 Å². The molecule has 1 aliphatic rings. The molecule has 162 valence electrons. The van der Waals surface area contributed by atoms with Gasteiger partial charge in [-0.05, 0) is 36.8 Å². The maximum atomic E-state index is 13.1. The van der Waals surface area contributed by atoms with Crippen molar-refractivity contribution in [2.75, 3.05) is 26.3 Å². The molecule has 9 nitrogen and oxygen atoms in total. The summed E-state index contributed by atoms with van der Waals surface area (Å²) in [5.74, 6) is -0.444. The summed E-state index contributed by atoms with van der Waals surface area (Å²) in [5.41, 5.74) is 1.85. The molecule has 2 aromatic carbocycles. The fourth-order valence-corrected chi connectivity index (χ4v) is 5.02. The second kappa shape index (κ2) is 8.96. The highest BCUT2D eigenvalue weighted by atomic mass is 32.2. The van der Waals surface area contributed by atoms with Crippen molar-refractivity contribution in [2.24, 2.45) is 0 Å². The molecule has 0 spiro atoms. The van der Waals surface area contributed by atoms with Gasteiger partial charge < -0.3 is 10.1 Å². The van der Waals surface area contributed by atoms with Gasteiger partial charge in [-0.15, -0.1) is 0 Å². The van der Waals surface area contributed by atoms with E-state index in [-0.39, 0.29) is 29.6 Å². The third-order valence-electron chi connectivity index (χ3n) is 5.14. The van der Waals surface area contributed by atoms with E-state index in [1.165, 1.54) is 22.8 Å². The number of benzene rings is 2. The standard InChI is InChI=1S/C21H23N5O4S/c1-16(17-6-8-18(9-7-17)26-15-22-14-23-26)24-21(27)19-4-2-3-5-20(19)31(28,29)25-10-12-30-13-11-25/h2-9,14-16H,10-13H2,1H3,(H,24,27). The molecule has 0 saturated carbocycles. The number of hydrogen-bond donors (Lipinski definition) is 1. The summed E-state index contributed by atoms with van der Waals surface area (Å²) in [7, 11) is -3.79. The molecule has 2 heterocycles. The van der Waals surface area contributed by atoms with Gasteiger partial charge in [-0.25, -0.2) is 18.1 Å². The van der Waals surface area contributed by atoms with E-state index >= 15 is 0 Å². The zero-order valence-electron chi connectivity index (χ0n) is 17.0. The van der Waals surface area contributed by atoms with Crippen LogP contribution in [-0.4, -0.2) is 59.7 Å². The van der Waals surface area contributed by atoms with Crippen LogP contribution in [0.15, 0.2) is 66.1 Å². The minimum absolute atomic E-state index is 0.00290. The molecule has 1 N–H and O–H groups in total. The average Bonchev–Trinajstić information content (AvgIpc) is 3.35. The third kappa shape index (κ3) is 4.50. The second-order valence-corrected chi connectivity index (χ2v) is 9.05. The number of ether oxygens (including phenoxy) is 1. The number of nitrogens with zero attached hydrogens (tertiary/aromatic N) is 4. The van der Waals surface area contributed by atoms with Crippen molar-refractivity contribution in [3.8, 4) is 5.69 Å². The summed E-state index contributed by atoms with van der Waals surface area (Å²) < 4.78 is 34.4. The Morgan fingerprint density at radius 3 is 2.48 bits per heavy atom. The minimum atomic E-state index is -3.79. The Labute approximate surface area is 180 Å². The average molecular weight is 442 g/mol. The van der Waals surface area contributed by atoms with Crippen molar-refractivity contribution < 1.29 is 17.9 Å². The SMILES string of the molecule is CC(NC(=O)c1ccccc1S(=O)(=O)N1CCOCC1)c1ccc(-n2cncn2)cc1. The van der Waals surface area contributed by atoms with E-state index in [1.807, 2.05) is 31.2 Å². The van der Waals surface area contributed by atoms with E-state index in [0.717, 1.165) is 11.3 Å². The Hall–Kier alpha value is -3.08. The fourth-order valence-electron chi connectivity index (χ4n) is 3.42. The van der Waals surface area contributed by atoms with Crippen LogP contribution in [0.5, 0.6) is 0 Å². The molecule has 1 atom stereocenters. The van der Waals surface area contributed by atoms with Gasteiger partial charge in [-0.2, -0.15) is 9.40 Å². The lowest BCUT2D eigenvalue weighted by Crippen LogP contribution is -2.41. The topological polar surface area (TPSA) is 106 Å². The number of morpholine rings is 1. The van der Waals surface area contributed by atoms with Gasteiger partial charge in [0.1, 0.15) is 12.7 Å². The quantitative estimate of drug-likeness (QED) is 0.625. The molecule has 0 aliphatic carbocycles. The van der Waals surface area contributed by atoms with Crippen molar-refractivity contribution in [3.63, 3.8) is 0 Å². The van der Waals surface area contributed by atoms with Crippen LogP contribution < -0.4 is 5.32 Å². The number of rotatable bonds is 6. The molecule has 1 aromatic heterocycles. The first-order valence-electron chi connectivity index (χ1n) is 9.89. The van der Waals surface area contributed by atoms with Crippen LogP contribution in [-0.2, 0) is 14.8 Å². The molecule has 1 amide bonds. The van der Waals surface area contributed by atoms with Crippen molar-refractivity contribution in [1.29, 1.82) is 0 Å². The Balaban J connectivity index is 1.52. The molecule has 4 rings (SSSR count).